The summed E-state index contributed by atoms with van der Waals surface area (Å²) in [4.78, 5) is 13.0. The Balaban J connectivity index is 1.42. The van der Waals surface area contributed by atoms with Gasteiger partial charge in [0.1, 0.15) is 0 Å². The minimum Gasteiger partial charge on any atom is -0.356 e. The molecule has 2 saturated heterocycles. The Hall–Kier alpha value is -0.870. The molecular weight excluding hydrogens is 244 g/mol. The lowest BCUT2D eigenvalue weighted by Crippen LogP contribution is -2.42. The summed E-state index contributed by atoms with van der Waals surface area (Å²) >= 11 is 1.65. The molecule has 3 nitrogen and oxygen atoms in total. The summed E-state index contributed by atoms with van der Waals surface area (Å²) in [7, 11) is 0. The topological polar surface area (TPSA) is 41.1 Å². The van der Waals surface area contributed by atoms with Crippen molar-refractivity contribution in [1.29, 1.82) is 0 Å². The summed E-state index contributed by atoms with van der Waals surface area (Å²) in [5.41, 5.74) is 0. The fourth-order valence-electron chi connectivity index (χ4n) is 3.23. The van der Waals surface area contributed by atoms with Gasteiger partial charge in [0, 0.05) is 23.5 Å². The number of piperidine rings is 1. The van der Waals surface area contributed by atoms with Crippen molar-refractivity contribution < 1.29 is 4.79 Å². The Bertz CT molecular complexity index is 392. The van der Waals surface area contributed by atoms with Crippen LogP contribution in [0, 0.1) is 5.92 Å². The van der Waals surface area contributed by atoms with Crippen molar-refractivity contribution in [2.45, 2.75) is 44.2 Å². The number of amides is 1. The molecule has 2 bridgehead atoms. The molecule has 0 spiro atoms. The summed E-state index contributed by atoms with van der Waals surface area (Å²) < 4.78 is 0. The van der Waals surface area contributed by atoms with Crippen LogP contribution in [0.3, 0.4) is 0 Å². The van der Waals surface area contributed by atoms with Gasteiger partial charge in [-0.2, -0.15) is 0 Å². The van der Waals surface area contributed by atoms with Gasteiger partial charge in [-0.1, -0.05) is 6.07 Å². The maximum Gasteiger partial charge on any atom is 0.225 e. The van der Waals surface area contributed by atoms with E-state index in [2.05, 4.69) is 10.6 Å². The molecule has 3 heterocycles. The zero-order valence-corrected chi connectivity index (χ0v) is 11.3. The summed E-state index contributed by atoms with van der Waals surface area (Å²) in [6.45, 7) is 0.860. The largest absolute Gasteiger partial charge is 0.356 e. The van der Waals surface area contributed by atoms with Gasteiger partial charge in [-0.3, -0.25) is 4.79 Å². The average Bonchev–Trinajstić information content (AvgIpc) is 2.97. The van der Waals surface area contributed by atoms with Crippen molar-refractivity contribution >= 4 is 17.2 Å². The first-order valence-electron chi connectivity index (χ1n) is 6.85. The van der Waals surface area contributed by atoms with Crippen LogP contribution >= 0.6 is 11.3 Å². The molecule has 0 saturated carbocycles. The van der Waals surface area contributed by atoms with Gasteiger partial charge in [0.2, 0.25) is 5.91 Å². The first kappa shape index (κ1) is 12.2. The average molecular weight is 264 g/mol. The maximum absolute atomic E-state index is 11.8. The second-order valence-corrected chi connectivity index (χ2v) is 6.57. The molecular formula is C14H20N2OS. The van der Waals surface area contributed by atoms with Crippen LogP contribution in [0.25, 0.3) is 0 Å². The SMILES string of the molecule is O=C(Cc1cccs1)NCC1CC2CCC(C1)N2. The number of rotatable bonds is 4. The fraction of sp³-hybridized carbons (Fsp3) is 0.643. The molecule has 3 rings (SSSR count). The Morgan fingerprint density at radius 1 is 1.39 bits per heavy atom. The Morgan fingerprint density at radius 3 is 2.83 bits per heavy atom. The number of carbonyl (C=O) groups excluding carboxylic acids is 1. The molecule has 2 fully saturated rings. The third kappa shape index (κ3) is 2.93. The minimum atomic E-state index is 0.170. The van der Waals surface area contributed by atoms with Crippen LogP contribution in [0.5, 0.6) is 0 Å². The van der Waals surface area contributed by atoms with Crippen LogP contribution in [0.15, 0.2) is 17.5 Å². The summed E-state index contributed by atoms with van der Waals surface area (Å²) in [5.74, 6) is 0.847. The summed E-state index contributed by atoms with van der Waals surface area (Å²) in [6.07, 6.45) is 5.65. The van der Waals surface area contributed by atoms with E-state index in [9.17, 15) is 4.79 Å². The van der Waals surface area contributed by atoms with E-state index in [4.69, 9.17) is 0 Å². The van der Waals surface area contributed by atoms with Crippen molar-refractivity contribution in [3.05, 3.63) is 22.4 Å². The van der Waals surface area contributed by atoms with Crippen LogP contribution in [0.1, 0.15) is 30.6 Å². The van der Waals surface area contributed by atoms with Crippen LogP contribution in [-0.4, -0.2) is 24.5 Å². The first-order valence-corrected chi connectivity index (χ1v) is 7.72. The van der Waals surface area contributed by atoms with Crippen molar-refractivity contribution in [3.8, 4) is 0 Å². The fourth-order valence-corrected chi connectivity index (χ4v) is 3.94. The molecule has 1 aromatic rings. The van der Waals surface area contributed by atoms with Crippen LogP contribution in [0.2, 0.25) is 0 Å². The summed E-state index contributed by atoms with van der Waals surface area (Å²) in [5, 5.41) is 8.75. The van der Waals surface area contributed by atoms with E-state index in [0.717, 1.165) is 11.4 Å². The molecule has 2 unspecified atom stereocenters. The lowest BCUT2D eigenvalue weighted by molar-refractivity contribution is -0.120. The third-order valence-corrected chi connectivity index (χ3v) is 4.95. The minimum absolute atomic E-state index is 0.170. The van der Waals surface area contributed by atoms with Gasteiger partial charge in [-0.15, -0.1) is 11.3 Å². The predicted molar refractivity (Wildman–Crippen MR) is 73.7 cm³/mol. The van der Waals surface area contributed by atoms with Gasteiger partial charge in [-0.25, -0.2) is 0 Å². The number of thiophene rings is 1. The van der Waals surface area contributed by atoms with Gasteiger partial charge >= 0.3 is 0 Å². The molecule has 2 N–H and O–H groups in total. The van der Waals surface area contributed by atoms with Gasteiger partial charge < -0.3 is 10.6 Å². The van der Waals surface area contributed by atoms with Crippen LogP contribution in [0.4, 0.5) is 0 Å². The van der Waals surface area contributed by atoms with Crippen molar-refractivity contribution in [2.24, 2.45) is 5.92 Å². The zero-order valence-electron chi connectivity index (χ0n) is 10.5. The molecule has 4 heteroatoms. The van der Waals surface area contributed by atoms with Crippen molar-refractivity contribution in [3.63, 3.8) is 0 Å². The van der Waals surface area contributed by atoms with E-state index in [-0.39, 0.29) is 5.91 Å². The second-order valence-electron chi connectivity index (χ2n) is 5.54. The quantitative estimate of drug-likeness (QED) is 0.872. The van der Waals surface area contributed by atoms with E-state index in [0.29, 0.717) is 24.4 Å². The molecule has 0 aliphatic carbocycles. The molecule has 98 valence electrons. The maximum atomic E-state index is 11.8. The molecule has 18 heavy (non-hydrogen) atoms. The molecule has 1 amide bonds. The Morgan fingerprint density at radius 2 is 2.17 bits per heavy atom. The first-order chi connectivity index (χ1) is 8.79. The highest BCUT2D eigenvalue weighted by atomic mass is 32.1. The van der Waals surface area contributed by atoms with Gasteiger partial charge in [0.15, 0.2) is 0 Å². The van der Waals surface area contributed by atoms with E-state index >= 15 is 0 Å². The van der Waals surface area contributed by atoms with E-state index in [1.807, 2.05) is 17.5 Å². The second kappa shape index (κ2) is 5.41. The Kier molecular flexibility index (Phi) is 3.66. The molecule has 2 aliphatic heterocycles. The van der Waals surface area contributed by atoms with E-state index in [1.165, 1.54) is 25.7 Å². The van der Waals surface area contributed by atoms with Crippen molar-refractivity contribution in [2.75, 3.05) is 6.54 Å². The molecule has 2 aliphatic rings. The van der Waals surface area contributed by atoms with Gasteiger partial charge in [-0.05, 0) is 43.0 Å². The number of carbonyl (C=O) groups is 1. The number of hydrogen-bond donors (Lipinski definition) is 2. The van der Waals surface area contributed by atoms with Gasteiger partial charge in [0.25, 0.3) is 0 Å². The van der Waals surface area contributed by atoms with Crippen LogP contribution < -0.4 is 10.6 Å². The number of hydrogen-bond acceptors (Lipinski definition) is 3. The number of fused-ring (bicyclic) bond motifs is 2. The third-order valence-electron chi connectivity index (χ3n) is 4.07. The highest BCUT2D eigenvalue weighted by molar-refractivity contribution is 7.10. The zero-order chi connectivity index (χ0) is 12.4. The monoisotopic (exact) mass is 264 g/mol. The smallest absolute Gasteiger partial charge is 0.225 e. The molecule has 0 radical (unpaired) electrons. The van der Waals surface area contributed by atoms with Gasteiger partial charge in [0.05, 0.1) is 6.42 Å². The number of nitrogens with one attached hydrogen (secondary N) is 2. The molecule has 2 atom stereocenters. The molecule has 1 aromatic heterocycles. The highest BCUT2D eigenvalue weighted by Crippen LogP contribution is 2.30. The van der Waals surface area contributed by atoms with E-state index < -0.39 is 0 Å². The lowest BCUT2D eigenvalue weighted by Gasteiger charge is -2.29. The lowest BCUT2D eigenvalue weighted by atomic mass is 9.92. The standard InChI is InChI=1S/C14H20N2OS/c17-14(8-13-2-1-5-18-13)15-9-10-6-11-3-4-12(7-10)16-11/h1-2,5,10-12,16H,3-4,6-9H2,(H,15,17). The normalized spacial score (nSPS) is 30.3. The predicted octanol–water partition coefficient (Wildman–Crippen LogP) is 1.94. The van der Waals surface area contributed by atoms with Crippen molar-refractivity contribution in [1.82, 2.24) is 10.6 Å². The molecule has 0 aromatic carbocycles. The highest BCUT2D eigenvalue weighted by Gasteiger charge is 2.33. The van der Waals surface area contributed by atoms with Crippen LogP contribution in [-0.2, 0) is 11.2 Å². The Labute approximate surface area is 112 Å². The van der Waals surface area contributed by atoms with E-state index in [1.54, 1.807) is 11.3 Å². The summed E-state index contributed by atoms with van der Waals surface area (Å²) in [6, 6.07) is 5.44.